The third-order valence-corrected chi connectivity index (χ3v) is 6.72. The van der Waals surface area contributed by atoms with Gasteiger partial charge in [0.05, 0.1) is 12.1 Å². The molecule has 1 aliphatic heterocycles. The van der Waals surface area contributed by atoms with Crippen LogP contribution in [0.5, 0.6) is 0 Å². The van der Waals surface area contributed by atoms with Crippen LogP contribution in [0.15, 0.2) is 34.9 Å². The third-order valence-electron chi connectivity index (χ3n) is 6.72. The van der Waals surface area contributed by atoms with Crippen molar-refractivity contribution in [2.75, 3.05) is 43.9 Å². The fourth-order valence-electron chi connectivity index (χ4n) is 4.70. The van der Waals surface area contributed by atoms with E-state index in [9.17, 15) is 14.0 Å². The van der Waals surface area contributed by atoms with Gasteiger partial charge in [-0.25, -0.2) is 9.37 Å². The number of likely N-dealkylation sites (N-methyl/N-ethyl adjacent to an activating group) is 1. The van der Waals surface area contributed by atoms with Crippen molar-refractivity contribution in [3.8, 4) is 0 Å². The Morgan fingerprint density at radius 1 is 1.17 bits per heavy atom. The van der Waals surface area contributed by atoms with Gasteiger partial charge in [0.1, 0.15) is 5.58 Å². The van der Waals surface area contributed by atoms with E-state index in [1.54, 1.807) is 23.1 Å². The second kappa shape index (κ2) is 9.49. The Balaban J connectivity index is 1.31. The quantitative estimate of drug-likeness (QED) is 0.490. The number of aromatic nitrogens is 2. The van der Waals surface area contributed by atoms with Gasteiger partial charge in [0.2, 0.25) is 11.9 Å². The lowest BCUT2D eigenvalue weighted by atomic mass is 10.0. The van der Waals surface area contributed by atoms with Crippen LogP contribution in [0, 0.1) is 11.7 Å². The highest BCUT2D eigenvalue weighted by molar-refractivity contribution is 5.97. The lowest BCUT2D eigenvalue weighted by Gasteiger charge is -2.31. The van der Waals surface area contributed by atoms with Gasteiger partial charge in [-0.1, -0.05) is 6.42 Å². The molecule has 10 nitrogen and oxygen atoms in total. The molecule has 3 aromatic rings. The van der Waals surface area contributed by atoms with Gasteiger partial charge in [0, 0.05) is 43.3 Å². The van der Waals surface area contributed by atoms with Gasteiger partial charge in [0.25, 0.3) is 5.91 Å². The summed E-state index contributed by atoms with van der Waals surface area (Å²) < 4.78 is 20.2. The average Bonchev–Trinajstić information content (AvgIpc) is 3.48. The van der Waals surface area contributed by atoms with Crippen LogP contribution >= 0.6 is 0 Å². The molecule has 1 aromatic carbocycles. The standard InChI is InChI=1S/C24H28FN7O3/c1-31-7-9-32(10-8-31)23(34)20-12-14-11-15(5-6-19(14)35-20)28-24-27-13-17(25)22(30-24)29-18-4-2-3-16(18)21(26)33/h5-6,11-13,16,18H,2-4,7-10H2,1H3,(H2,26,33)(H2,27,28,29,30). The number of nitrogens with two attached hydrogens (primary N) is 1. The van der Waals surface area contributed by atoms with E-state index >= 15 is 0 Å². The van der Waals surface area contributed by atoms with Crippen LogP contribution in [-0.2, 0) is 4.79 Å². The molecule has 4 N–H and O–H groups in total. The van der Waals surface area contributed by atoms with Crippen LogP contribution in [0.2, 0.25) is 0 Å². The molecule has 0 bridgehead atoms. The van der Waals surface area contributed by atoms with Crippen LogP contribution in [-0.4, -0.2) is 70.9 Å². The van der Waals surface area contributed by atoms with Crippen molar-refractivity contribution in [3.05, 3.63) is 42.0 Å². The van der Waals surface area contributed by atoms with E-state index in [-0.39, 0.29) is 29.6 Å². The number of rotatable bonds is 6. The van der Waals surface area contributed by atoms with E-state index in [0.29, 0.717) is 43.0 Å². The van der Waals surface area contributed by atoms with Crippen molar-refractivity contribution >= 4 is 40.2 Å². The zero-order valence-corrected chi connectivity index (χ0v) is 19.5. The van der Waals surface area contributed by atoms with Gasteiger partial charge in [0.15, 0.2) is 17.4 Å². The molecule has 35 heavy (non-hydrogen) atoms. The first-order valence-electron chi connectivity index (χ1n) is 11.7. The maximum atomic E-state index is 14.4. The summed E-state index contributed by atoms with van der Waals surface area (Å²) in [6, 6.07) is 6.82. The fraction of sp³-hybridized carbons (Fsp3) is 0.417. The lowest BCUT2D eigenvalue weighted by molar-refractivity contribution is -0.121. The number of carbonyl (C=O) groups is 2. The highest BCUT2D eigenvalue weighted by Crippen LogP contribution is 2.30. The van der Waals surface area contributed by atoms with Crippen molar-refractivity contribution in [2.24, 2.45) is 11.7 Å². The van der Waals surface area contributed by atoms with E-state index in [1.807, 2.05) is 13.1 Å². The van der Waals surface area contributed by atoms with Crippen LogP contribution in [0.25, 0.3) is 11.0 Å². The molecule has 1 aliphatic carbocycles. The number of nitrogens with one attached hydrogen (secondary N) is 2. The number of amides is 2. The fourth-order valence-corrected chi connectivity index (χ4v) is 4.70. The maximum Gasteiger partial charge on any atom is 0.289 e. The van der Waals surface area contributed by atoms with E-state index in [4.69, 9.17) is 10.2 Å². The summed E-state index contributed by atoms with van der Waals surface area (Å²) in [5, 5.41) is 6.84. The molecular formula is C24H28FN7O3. The highest BCUT2D eigenvalue weighted by atomic mass is 19.1. The number of primary amides is 1. The molecule has 0 radical (unpaired) electrons. The third kappa shape index (κ3) is 4.90. The second-order valence-corrected chi connectivity index (χ2v) is 9.16. The van der Waals surface area contributed by atoms with Crippen molar-refractivity contribution in [2.45, 2.75) is 25.3 Å². The SMILES string of the molecule is CN1CCN(C(=O)c2cc3cc(Nc4ncc(F)c(NC5CCCC5C(N)=O)n4)ccc3o2)CC1. The van der Waals surface area contributed by atoms with Crippen molar-refractivity contribution in [1.82, 2.24) is 19.8 Å². The minimum Gasteiger partial charge on any atom is -0.451 e. The van der Waals surface area contributed by atoms with Gasteiger partial charge in [-0.05, 0) is 44.2 Å². The Morgan fingerprint density at radius 2 is 1.97 bits per heavy atom. The summed E-state index contributed by atoms with van der Waals surface area (Å²) in [6.45, 7) is 2.99. The minimum absolute atomic E-state index is 0.0186. The van der Waals surface area contributed by atoms with E-state index in [2.05, 4.69) is 25.5 Å². The van der Waals surface area contributed by atoms with Crippen molar-refractivity contribution in [1.29, 1.82) is 0 Å². The Labute approximate surface area is 201 Å². The van der Waals surface area contributed by atoms with Crippen molar-refractivity contribution < 1.29 is 18.4 Å². The largest absolute Gasteiger partial charge is 0.451 e. The molecule has 2 atom stereocenters. The summed E-state index contributed by atoms with van der Waals surface area (Å²) >= 11 is 0. The molecule has 5 rings (SSSR count). The summed E-state index contributed by atoms with van der Waals surface area (Å²) in [5.74, 6) is -0.972. The first-order valence-corrected chi connectivity index (χ1v) is 11.7. The van der Waals surface area contributed by atoms with Crippen LogP contribution in [0.4, 0.5) is 21.8 Å². The van der Waals surface area contributed by atoms with Crippen LogP contribution in [0.1, 0.15) is 29.8 Å². The molecule has 11 heteroatoms. The summed E-state index contributed by atoms with van der Waals surface area (Å²) in [5.41, 5.74) is 6.72. The van der Waals surface area contributed by atoms with Gasteiger partial charge in [-0.15, -0.1) is 0 Å². The zero-order chi connectivity index (χ0) is 24.5. The van der Waals surface area contributed by atoms with E-state index in [0.717, 1.165) is 31.1 Å². The van der Waals surface area contributed by atoms with Gasteiger partial charge < -0.3 is 30.6 Å². The summed E-state index contributed by atoms with van der Waals surface area (Å²) in [7, 11) is 2.04. The van der Waals surface area contributed by atoms with E-state index in [1.165, 1.54) is 0 Å². The van der Waals surface area contributed by atoms with Gasteiger partial charge in [-0.2, -0.15) is 4.98 Å². The molecule has 2 aliphatic rings. The molecular weight excluding hydrogens is 453 g/mol. The molecule has 2 fully saturated rings. The Hall–Kier alpha value is -3.73. The average molecular weight is 482 g/mol. The first kappa shape index (κ1) is 23.0. The number of furan rings is 1. The molecule has 3 heterocycles. The van der Waals surface area contributed by atoms with Crippen LogP contribution in [0.3, 0.4) is 0 Å². The number of hydrogen-bond acceptors (Lipinski definition) is 8. The molecule has 0 spiro atoms. The summed E-state index contributed by atoms with van der Waals surface area (Å²) in [4.78, 5) is 36.8. The maximum absolute atomic E-state index is 14.4. The van der Waals surface area contributed by atoms with Gasteiger partial charge >= 0.3 is 0 Å². The number of anilines is 3. The molecule has 2 amide bonds. The first-order chi connectivity index (χ1) is 16.9. The second-order valence-electron chi connectivity index (χ2n) is 9.16. The Morgan fingerprint density at radius 3 is 2.74 bits per heavy atom. The minimum atomic E-state index is -0.608. The Bertz CT molecular complexity index is 1260. The van der Waals surface area contributed by atoms with Crippen LogP contribution < -0.4 is 16.4 Å². The lowest BCUT2D eigenvalue weighted by Crippen LogP contribution is -2.47. The van der Waals surface area contributed by atoms with Crippen molar-refractivity contribution in [3.63, 3.8) is 0 Å². The van der Waals surface area contributed by atoms with E-state index < -0.39 is 11.7 Å². The number of hydrogen-bond donors (Lipinski definition) is 3. The molecule has 2 aromatic heterocycles. The van der Waals surface area contributed by atoms with Gasteiger partial charge in [-0.3, -0.25) is 9.59 Å². The number of halogens is 1. The molecule has 184 valence electrons. The monoisotopic (exact) mass is 481 g/mol. The number of benzene rings is 1. The number of carbonyl (C=O) groups excluding carboxylic acids is 2. The number of piperazine rings is 1. The smallest absolute Gasteiger partial charge is 0.289 e. The number of fused-ring (bicyclic) bond motifs is 1. The molecule has 1 saturated carbocycles. The molecule has 1 saturated heterocycles. The topological polar surface area (TPSA) is 130 Å². The predicted octanol–water partition coefficient (Wildman–Crippen LogP) is 2.56. The predicted molar refractivity (Wildman–Crippen MR) is 129 cm³/mol. The summed E-state index contributed by atoms with van der Waals surface area (Å²) in [6.07, 6.45) is 3.31. The Kier molecular flexibility index (Phi) is 6.25. The molecule has 2 unspecified atom stereocenters. The zero-order valence-electron chi connectivity index (χ0n) is 19.5. The highest BCUT2D eigenvalue weighted by Gasteiger charge is 2.32. The normalized spacial score (nSPS) is 20.8. The number of nitrogens with zero attached hydrogens (tertiary/aromatic N) is 4.